The lowest BCUT2D eigenvalue weighted by Gasteiger charge is -2.25. The SMILES string of the molecule is CC[C@@H](C)[C@@H](C)C(S)[C@@H](C)F. The highest BCUT2D eigenvalue weighted by atomic mass is 32.1. The molecule has 0 spiro atoms. The zero-order chi connectivity index (χ0) is 9.02. The zero-order valence-electron chi connectivity index (χ0n) is 7.84. The second-order valence-corrected chi connectivity index (χ2v) is 4.01. The van der Waals surface area contributed by atoms with Gasteiger partial charge in [0, 0.05) is 5.25 Å². The van der Waals surface area contributed by atoms with Crippen LogP contribution < -0.4 is 0 Å². The van der Waals surface area contributed by atoms with Crippen LogP contribution in [-0.2, 0) is 0 Å². The van der Waals surface area contributed by atoms with E-state index in [0.29, 0.717) is 11.8 Å². The van der Waals surface area contributed by atoms with Crippen LogP contribution >= 0.6 is 12.6 Å². The van der Waals surface area contributed by atoms with Crippen LogP contribution in [0.2, 0.25) is 0 Å². The van der Waals surface area contributed by atoms with Gasteiger partial charge in [-0.3, -0.25) is 0 Å². The summed E-state index contributed by atoms with van der Waals surface area (Å²) >= 11 is 4.24. The predicted octanol–water partition coefficient (Wildman–Crippen LogP) is 3.33. The van der Waals surface area contributed by atoms with Crippen molar-refractivity contribution >= 4 is 12.6 Å². The van der Waals surface area contributed by atoms with Crippen LogP contribution in [-0.4, -0.2) is 11.4 Å². The number of hydrogen-bond donors (Lipinski definition) is 1. The third kappa shape index (κ3) is 3.46. The second kappa shape index (κ2) is 5.02. The Hall–Kier alpha value is 0.280. The van der Waals surface area contributed by atoms with Crippen LogP contribution in [0.15, 0.2) is 0 Å². The van der Waals surface area contributed by atoms with Crippen LogP contribution in [0.1, 0.15) is 34.1 Å². The molecule has 68 valence electrons. The molecule has 0 aromatic rings. The summed E-state index contributed by atoms with van der Waals surface area (Å²) in [5.74, 6) is 0.930. The van der Waals surface area contributed by atoms with Crippen LogP contribution in [0.5, 0.6) is 0 Å². The van der Waals surface area contributed by atoms with Crippen LogP contribution in [0.4, 0.5) is 4.39 Å². The molecular weight excluding hydrogens is 159 g/mol. The van der Waals surface area contributed by atoms with Gasteiger partial charge in [-0.1, -0.05) is 27.2 Å². The first kappa shape index (κ1) is 11.3. The average Bonchev–Trinajstić information content (AvgIpc) is 2.00. The van der Waals surface area contributed by atoms with Gasteiger partial charge in [-0.15, -0.1) is 0 Å². The molecule has 0 radical (unpaired) electrons. The van der Waals surface area contributed by atoms with E-state index in [1.54, 1.807) is 6.92 Å². The Labute approximate surface area is 75.0 Å². The summed E-state index contributed by atoms with van der Waals surface area (Å²) in [7, 11) is 0. The summed E-state index contributed by atoms with van der Waals surface area (Å²) in [4.78, 5) is 0. The van der Waals surface area contributed by atoms with E-state index in [9.17, 15) is 4.39 Å². The van der Waals surface area contributed by atoms with Crippen molar-refractivity contribution in [3.8, 4) is 0 Å². The molecular formula is C9H19FS. The third-order valence-corrected chi connectivity index (χ3v) is 3.43. The lowest BCUT2D eigenvalue weighted by atomic mass is 9.89. The van der Waals surface area contributed by atoms with E-state index in [1.807, 2.05) is 0 Å². The van der Waals surface area contributed by atoms with Crippen molar-refractivity contribution in [1.82, 2.24) is 0 Å². The summed E-state index contributed by atoms with van der Waals surface area (Å²) in [6.07, 6.45) is 0.299. The Kier molecular flexibility index (Phi) is 5.15. The van der Waals surface area contributed by atoms with Crippen molar-refractivity contribution in [1.29, 1.82) is 0 Å². The maximum absolute atomic E-state index is 12.8. The smallest absolute Gasteiger partial charge is 0.109 e. The van der Waals surface area contributed by atoms with E-state index in [-0.39, 0.29) is 5.25 Å². The molecule has 0 amide bonds. The fraction of sp³-hybridized carbons (Fsp3) is 1.00. The number of alkyl halides is 1. The molecule has 0 aliphatic heterocycles. The quantitative estimate of drug-likeness (QED) is 0.627. The number of hydrogen-bond acceptors (Lipinski definition) is 1. The first-order valence-corrected chi connectivity index (χ1v) is 4.84. The molecule has 0 fully saturated rings. The maximum atomic E-state index is 12.8. The molecule has 0 heterocycles. The standard InChI is InChI=1S/C9H19FS/c1-5-6(2)7(3)9(11)8(4)10/h6-9,11H,5H2,1-4H3/t6-,7-,8-,9?/m1/s1. The normalized spacial score (nSPS) is 22.4. The summed E-state index contributed by atoms with van der Waals surface area (Å²) in [6.45, 7) is 7.93. The second-order valence-electron chi connectivity index (χ2n) is 3.41. The summed E-state index contributed by atoms with van der Waals surface area (Å²) in [6, 6.07) is 0. The largest absolute Gasteiger partial charge is 0.247 e. The predicted molar refractivity (Wildman–Crippen MR) is 52.0 cm³/mol. The maximum Gasteiger partial charge on any atom is 0.109 e. The molecule has 11 heavy (non-hydrogen) atoms. The van der Waals surface area contributed by atoms with Gasteiger partial charge >= 0.3 is 0 Å². The molecule has 0 bridgehead atoms. The Balaban J connectivity index is 3.90. The number of thiol groups is 1. The minimum Gasteiger partial charge on any atom is -0.247 e. The minimum absolute atomic E-state index is 0.107. The van der Waals surface area contributed by atoms with Gasteiger partial charge in [0.15, 0.2) is 0 Å². The highest BCUT2D eigenvalue weighted by molar-refractivity contribution is 7.81. The third-order valence-electron chi connectivity index (χ3n) is 2.55. The highest BCUT2D eigenvalue weighted by Gasteiger charge is 2.23. The zero-order valence-corrected chi connectivity index (χ0v) is 8.74. The van der Waals surface area contributed by atoms with Gasteiger partial charge in [-0.25, -0.2) is 4.39 Å². The summed E-state index contributed by atoms with van der Waals surface area (Å²) in [5, 5.41) is -0.107. The lowest BCUT2D eigenvalue weighted by molar-refractivity contribution is 0.262. The van der Waals surface area contributed by atoms with E-state index in [2.05, 4.69) is 33.4 Å². The van der Waals surface area contributed by atoms with E-state index in [1.165, 1.54) is 0 Å². The average molecular weight is 178 g/mol. The van der Waals surface area contributed by atoms with E-state index >= 15 is 0 Å². The fourth-order valence-electron chi connectivity index (χ4n) is 1.13. The first-order valence-electron chi connectivity index (χ1n) is 4.32. The molecule has 0 aromatic carbocycles. The van der Waals surface area contributed by atoms with Crippen molar-refractivity contribution in [2.24, 2.45) is 11.8 Å². The lowest BCUT2D eigenvalue weighted by Crippen LogP contribution is -2.26. The first-order chi connectivity index (χ1) is 5.00. The number of rotatable bonds is 4. The Morgan fingerprint density at radius 1 is 1.27 bits per heavy atom. The molecule has 0 N–H and O–H groups in total. The highest BCUT2D eigenvalue weighted by Crippen LogP contribution is 2.25. The molecule has 0 aliphatic rings. The molecule has 2 heteroatoms. The van der Waals surface area contributed by atoms with Crippen molar-refractivity contribution in [3.05, 3.63) is 0 Å². The van der Waals surface area contributed by atoms with Gasteiger partial charge in [0.05, 0.1) is 0 Å². The molecule has 0 saturated carbocycles. The molecule has 4 atom stereocenters. The fourth-order valence-corrected chi connectivity index (χ4v) is 1.42. The van der Waals surface area contributed by atoms with Crippen LogP contribution in [0, 0.1) is 11.8 Å². The van der Waals surface area contributed by atoms with Crippen molar-refractivity contribution < 1.29 is 4.39 Å². The molecule has 0 saturated heterocycles. The van der Waals surface area contributed by atoms with Crippen molar-refractivity contribution in [3.63, 3.8) is 0 Å². The molecule has 0 aliphatic carbocycles. The van der Waals surface area contributed by atoms with Crippen molar-refractivity contribution in [2.75, 3.05) is 0 Å². The van der Waals surface area contributed by atoms with Gasteiger partial charge in [0.2, 0.25) is 0 Å². The summed E-state index contributed by atoms with van der Waals surface area (Å²) < 4.78 is 12.8. The van der Waals surface area contributed by atoms with E-state index < -0.39 is 6.17 Å². The monoisotopic (exact) mass is 178 g/mol. The van der Waals surface area contributed by atoms with Crippen molar-refractivity contribution in [2.45, 2.75) is 45.5 Å². The van der Waals surface area contributed by atoms with Crippen LogP contribution in [0.3, 0.4) is 0 Å². The van der Waals surface area contributed by atoms with Crippen LogP contribution in [0.25, 0.3) is 0 Å². The van der Waals surface area contributed by atoms with E-state index in [4.69, 9.17) is 0 Å². The molecule has 0 aromatic heterocycles. The molecule has 1 unspecified atom stereocenters. The van der Waals surface area contributed by atoms with Gasteiger partial charge in [0.25, 0.3) is 0 Å². The Morgan fingerprint density at radius 2 is 1.73 bits per heavy atom. The van der Waals surface area contributed by atoms with Gasteiger partial charge in [-0.05, 0) is 18.8 Å². The van der Waals surface area contributed by atoms with E-state index in [0.717, 1.165) is 6.42 Å². The van der Waals surface area contributed by atoms with Gasteiger partial charge in [-0.2, -0.15) is 12.6 Å². The van der Waals surface area contributed by atoms with Gasteiger partial charge < -0.3 is 0 Å². The summed E-state index contributed by atoms with van der Waals surface area (Å²) in [5.41, 5.74) is 0. The van der Waals surface area contributed by atoms with Gasteiger partial charge in [0.1, 0.15) is 6.17 Å². The Morgan fingerprint density at radius 3 is 2.00 bits per heavy atom. The number of halogens is 1. The topological polar surface area (TPSA) is 0 Å². The molecule has 0 nitrogen and oxygen atoms in total. The Bertz CT molecular complexity index is 104. The minimum atomic E-state index is -0.803. The molecule has 0 rings (SSSR count).